The zero-order valence-corrected chi connectivity index (χ0v) is 15.8. The monoisotopic (exact) mass is 358 g/mol. The molecule has 5 heteroatoms. The van der Waals surface area contributed by atoms with Gasteiger partial charge in [-0.1, -0.05) is 25.0 Å². The third-order valence-corrected chi connectivity index (χ3v) is 5.78. The molecule has 0 spiro atoms. The van der Waals surface area contributed by atoms with Crippen molar-refractivity contribution in [2.24, 2.45) is 0 Å². The predicted octanol–water partition coefficient (Wildman–Crippen LogP) is 4.89. The van der Waals surface area contributed by atoms with Gasteiger partial charge in [-0.05, 0) is 49.6 Å². The van der Waals surface area contributed by atoms with Crippen LogP contribution in [-0.4, -0.2) is 24.6 Å². The van der Waals surface area contributed by atoms with Gasteiger partial charge in [-0.2, -0.15) is 0 Å². The number of urea groups is 1. The van der Waals surface area contributed by atoms with E-state index in [9.17, 15) is 4.79 Å². The number of carbonyl (C=O) groups is 1. The summed E-state index contributed by atoms with van der Waals surface area (Å²) in [5.41, 5.74) is 1.05. The van der Waals surface area contributed by atoms with Crippen molar-refractivity contribution in [2.45, 2.75) is 45.2 Å². The van der Waals surface area contributed by atoms with Gasteiger partial charge in [0.2, 0.25) is 0 Å². The first kappa shape index (κ1) is 17.8. The summed E-state index contributed by atoms with van der Waals surface area (Å²) in [5.74, 6) is 0.813. The summed E-state index contributed by atoms with van der Waals surface area (Å²) in [5, 5.41) is 3.09. The van der Waals surface area contributed by atoms with E-state index in [1.165, 1.54) is 22.6 Å². The number of nitrogens with zero attached hydrogens (tertiary/aromatic N) is 1. The van der Waals surface area contributed by atoms with Gasteiger partial charge in [0.25, 0.3) is 0 Å². The van der Waals surface area contributed by atoms with E-state index in [2.05, 4.69) is 24.4 Å². The van der Waals surface area contributed by atoms with Gasteiger partial charge in [0.1, 0.15) is 5.75 Å². The lowest BCUT2D eigenvalue weighted by Gasteiger charge is -2.29. The number of ether oxygens (including phenoxy) is 1. The number of benzene rings is 1. The molecule has 1 atom stereocenters. The molecular formula is C20H26N2O2S. The van der Waals surface area contributed by atoms with Crippen molar-refractivity contribution in [3.8, 4) is 5.75 Å². The molecule has 4 nitrogen and oxygen atoms in total. The van der Waals surface area contributed by atoms with Gasteiger partial charge >= 0.3 is 6.03 Å². The van der Waals surface area contributed by atoms with E-state index < -0.39 is 0 Å². The highest BCUT2D eigenvalue weighted by Crippen LogP contribution is 2.34. The molecular weight excluding hydrogens is 332 g/mol. The van der Waals surface area contributed by atoms with Crippen LogP contribution in [0.4, 0.5) is 4.79 Å². The maximum atomic E-state index is 12.9. The standard InChI is InChI=1S/C20H26N2O2S/c1-15-10-11-19(25-15)18-9-4-3-5-12-22(18)20(23)21-14-16-7-6-8-17(13-16)24-2/h6-8,10-11,13,18H,3-5,9,12,14H2,1-2H3,(H,21,23). The molecule has 1 saturated heterocycles. The van der Waals surface area contributed by atoms with Gasteiger partial charge in [0.15, 0.2) is 0 Å². The normalized spacial score (nSPS) is 17.8. The van der Waals surface area contributed by atoms with Crippen molar-refractivity contribution in [1.82, 2.24) is 10.2 Å². The zero-order valence-electron chi connectivity index (χ0n) is 15.0. The van der Waals surface area contributed by atoms with Crippen LogP contribution in [0, 0.1) is 6.92 Å². The van der Waals surface area contributed by atoms with Crippen molar-refractivity contribution < 1.29 is 9.53 Å². The molecule has 1 aliphatic rings. The number of nitrogens with one attached hydrogen (secondary N) is 1. The Labute approximate surface area is 153 Å². The maximum absolute atomic E-state index is 12.9. The van der Waals surface area contributed by atoms with Crippen LogP contribution < -0.4 is 10.1 Å². The van der Waals surface area contributed by atoms with Crippen LogP contribution in [-0.2, 0) is 6.54 Å². The number of aryl methyl sites for hydroxylation is 1. The van der Waals surface area contributed by atoms with E-state index in [-0.39, 0.29) is 12.1 Å². The highest BCUT2D eigenvalue weighted by molar-refractivity contribution is 7.12. The number of carbonyl (C=O) groups excluding carboxylic acids is 1. The Kier molecular flexibility index (Phi) is 5.97. The molecule has 1 N–H and O–H groups in total. The van der Waals surface area contributed by atoms with Crippen molar-refractivity contribution >= 4 is 17.4 Å². The van der Waals surface area contributed by atoms with Crippen LogP contribution in [0.3, 0.4) is 0 Å². The number of hydrogen-bond donors (Lipinski definition) is 1. The molecule has 25 heavy (non-hydrogen) atoms. The molecule has 2 aromatic rings. The average molecular weight is 359 g/mol. The molecule has 2 heterocycles. The fourth-order valence-electron chi connectivity index (χ4n) is 3.34. The third-order valence-electron chi connectivity index (χ3n) is 4.68. The number of methoxy groups -OCH3 is 1. The number of amides is 2. The minimum Gasteiger partial charge on any atom is -0.497 e. The lowest BCUT2D eigenvalue weighted by molar-refractivity contribution is 0.176. The first-order valence-electron chi connectivity index (χ1n) is 8.91. The molecule has 134 valence electrons. The summed E-state index contributed by atoms with van der Waals surface area (Å²) in [7, 11) is 1.66. The van der Waals surface area contributed by atoms with Gasteiger partial charge in [0.05, 0.1) is 13.2 Å². The van der Waals surface area contributed by atoms with Crippen LogP contribution in [0.5, 0.6) is 5.75 Å². The minimum atomic E-state index is 0.0285. The number of hydrogen-bond acceptors (Lipinski definition) is 3. The first-order valence-corrected chi connectivity index (χ1v) is 9.73. The second-order valence-corrected chi connectivity index (χ2v) is 7.84. The smallest absolute Gasteiger partial charge is 0.318 e. The van der Waals surface area contributed by atoms with E-state index in [0.717, 1.165) is 30.7 Å². The fourth-order valence-corrected chi connectivity index (χ4v) is 4.37. The van der Waals surface area contributed by atoms with Crippen LogP contribution in [0.15, 0.2) is 36.4 Å². The largest absolute Gasteiger partial charge is 0.497 e. The van der Waals surface area contributed by atoms with Gasteiger partial charge in [0, 0.05) is 22.8 Å². The Morgan fingerprint density at radius 1 is 1.28 bits per heavy atom. The number of rotatable bonds is 4. The van der Waals surface area contributed by atoms with Crippen molar-refractivity contribution in [3.05, 3.63) is 51.7 Å². The molecule has 0 bridgehead atoms. The van der Waals surface area contributed by atoms with E-state index in [4.69, 9.17) is 4.74 Å². The van der Waals surface area contributed by atoms with Gasteiger partial charge in [-0.3, -0.25) is 0 Å². The second kappa shape index (κ2) is 8.39. The maximum Gasteiger partial charge on any atom is 0.318 e. The molecule has 1 fully saturated rings. The van der Waals surface area contributed by atoms with Crippen LogP contribution in [0.2, 0.25) is 0 Å². The summed E-state index contributed by atoms with van der Waals surface area (Å²) in [4.78, 5) is 17.5. The quantitative estimate of drug-likeness (QED) is 0.845. The average Bonchev–Trinajstić information content (AvgIpc) is 2.92. The molecule has 0 saturated carbocycles. The molecule has 2 amide bonds. The topological polar surface area (TPSA) is 41.6 Å². The molecule has 0 aliphatic carbocycles. The molecule has 3 rings (SSSR count). The molecule has 0 radical (unpaired) electrons. The number of likely N-dealkylation sites (tertiary alicyclic amines) is 1. The summed E-state index contributed by atoms with van der Waals surface area (Å²) >= 11 is 1.81. The van der Waals surface area contributed by atoms with Crippen molar-refractivity contribution in [3.63, 3.8) is 0 Å². The Balaban J connectivity index is 1.69. The van der Waals surface area contributed by atoms with E-state index in [1.807, 2.05) is 29.2 Å². The van der Waals surface area contributed by atoms with Gasteiger partial charge in [-0.15, -0.1) is 11.3 Å². The molecule has 1 aliphatic heterocycles. The van der Waals surface area contributed by atoms with Crippen LogP contribution in [0.25, 0.3) is 0 Å². The molecule has 1 aromatic carbocycles. The highest BCUT2D eigenvalue weighted by atomic mass is 32.1. The Morgan fingerprint density at radius 2 is 2.16 bits per heavy atom. The van der Waals surface area contributed by atoms with Crippen molar-refractivity contribution in [1.29, 1.82) is 0 Å². The molecule has 1 aromatic heterocycles. The lowest BCUT2D eigenvalue weighted by Crippen LogP contribution is -2.41. The summed E-state index contributed by atoms with van der Waals surface area (Å²) in [6.07, 6.45) is 4.50. The zero-order chi connectivity index (χ0) is 17.6. The third kappa shape index (κ3) is 4.54. The number of thiophene rings is 1. The van der Waals surface area contributed by atoms with E-state index in [0.29, 0.717) is 6.54 Å². The summed E-state index contributed by atoms with van der Waals surface area (Å²) < 4.78 is 5.25. The fraction of sp³-hybridized carbons (Fsp3) is 0.450. The first-order chi connectivity index (χ1) is 12.2. The lowest BCUT2D eigenvalue weighted by atomic mass is 10.1. The minimum absolute atomic E-state index is 0.0285. The molecule has 1 unspecified atom stereocenters. The Morgan fingerprint density at radius 3 is 2.92 bits per heavy atom. The van der Waals surface area contributed by atoms with Gasteiger partial charge in [-0.25, -0.2) is 4.79 Å². The Hall–Kier alpha value is -2.01. The van der Waals surface area contributed by atoms with E-state index >= 15 is 0 Å². The van der Waals surface area contributed by atoms with Crippen LogP contribution in [0.1, 0.15) is 47.0 Å². The Bertz CT molecular complexity index is 713. The highest BCUT2D eigenvalue weighted by Gasteiger charge is 2.27. The van der Waals surface area contributed by atoms with E-state index in [1.54, 1.807) is 18.4 Å². The van der Waals surface area contributed by atoms with Gasteiger partial charge < -0.3 is 15.0 Å². The summed E-state index contributed by atoms with van der Waals surface area (Å²) in [6.45, 7) is 3.46. The second-order valence-electron chi connectivity index (χ2n) is 6.52. The van der Waals surface area contributed by atoms with Crippen LogP contribution >= 0.6 is 11.3 Å². The summed E-state index contributed by atoms with van der Waals surface area (Å²) in [6, 6.07) is 12.4. The SMILES string of the molecule is COc1cccc(CNC(=O)N2CCCCCC2c2ccc(C)s2)c1. The van der Waals surface area contributed by atoms with Crippen molar-refractivity contribution in [2.75, 3.05) is 13.7 Å². The predicted molar refractivity (Wildman–Crippen MR) is 102 cm³/mol.